The third kappa shape index (κ3) is 0.822. The van der Waals surface area contributed by atoms with Crippen LogP contribution in [0.1, 0.15) is 10.4 Å². The van der Waals surface area contributed by atoms with Gasteiger partial charge in [0.1, 0.15) is 0 Å². The van der Waals surface area contributed by atoms with E-state index in [2.05, 4.69) is 35.7 Å². The van der Waals surface area contributed by atoms with E-state index in [-0.39, 0.29) is 0 Å². The van der Waals surface area contributed by atoms with E-state index >= 15 is 0 Å². The van der Waals surface area contributed by atoms with Gasteiger partial charge in [0.25, 0.3) is 0 Å². The summed E-state index contributed by atoms with van der Waals surface area (Å²) in [6.07, 6.45) is 4.26. The standard InChI is InChI=1S/C10H5S2/c1-2-9(11-5-1)10-6-7-3-4-8(7)12-10/h1-5H. The predicted octanol–water partition coefficient (Wildman–Crippen LogP) is 3.76. The molecule has 12 heavy (non-hydrogen) atoms. The van der Waals surface area contributed by atoms with Gasteiger partial charge in [0, 0.05) is 21.4 Å². The number of fused-ring (bicyclic) bond motifs is 1. The lowest BCUT2D eigenvalue weighted by Gasteiger charge is -1.97. The molecular weight excluding hydrogens is 184 g/mol. The van der Waals surface area contributed by atoms with Crippen molar-refractivity contribution in [2.45, 2.75) is 0 Å². The fourth-order valence-electron chi connectivity index (χ4n) is 1.20. The highest BCUT2D eigenvalue weighted by atomic mass is 32.1. The minimum absolute atomic E-state index is 1.28. The van der Waals surface area contributed by atoms with Crippen LogP contribution in [0.25, 0.3) is 21.9 Å². The summed E-state index contributed by atoms with van der Waals surface area (Å²) in [6.45, 7) is 0. The lowest BCUT2D eigenvalue weighted by Crippen LogP contribution is -1.76. The van der Waals surface area contributed by atoms with Crippen molar-refractivity contribution in [1.29, 1.82) is 0 Å². The second kappa shape index (κ2) is 2.31. The van der Waals surface area contributed by atoms with Crippen LogP contribution in [0, 0.1) is 6.07 Å². The molecule has 0 aliphatic heterocycles. The van der Waals surface area contributed by atoms with Crippen LogP contribution in [0.3, 0.4) is 0 Å². The molecule has 0 N–H and O–H groups in total. The van der Waals surface area contributed by atoms with Gasteiger partial charge in [0.15, 0.2) is 0 Å². The van der Waals surface area contributed by atoms with Gasteiger partial charge in [-0.25, -0.2) is 0 Å². The molecule has 0 saturated carbocycles. The van der Waals surface area contributed by atoms with Crippen LogP contribution in [-0.4, -0.2) is 0 Å². The molecule has 2 heteroatoms. The molecule has 0 atom stereocenters. The zero-order valence-electron chi connectivity index (χ0n) is 6.20. The maximum atomic E-state index is 3.38. The van der Waals surface area contributed by atoms with E-state index in [4.69, 9.17) is 0 Å². The lowest BCUT2D eigenvalue weighted by molar-refractivity contribution is 1.76. The van der Waals surface area contributed by atoms with Crippen LogP contribution in [0.5, 0.6) is 0 Å². The fraction of sp³-hybridized carbons (Fsp3) is 0. The van der Waals surface area contributed by atoms with Crippen LogP contribution in [0.4, 0.5) is 0 Å². The molecule has 0 amide bonds. The Hall–Kier alpha value is -0.860. The van der Waals surface area contributed by atoms with Gasteiger partial charge in [-0.1, -0.05) is 12.1 Å². The maximum absolute atomic E-state index is 3.38. The number of thiophene rings is 2. The van der Waals surface area contributed by atoms with E-state index < -0.39 is 0 Å². The Morgan fingerprint density at radius 2 is 2.25 bits per heavy atom. The molecule has 1 radical (unpaired) electrons. The summed E-state index contributed by atoms with van der Waals surface area (Å²) in [4.78, 5) is 3.98. The van der Waals surface area contributed by atoms with Crippen molar-refractivity contribution >= 4 is 34.8 Å². The number of rotatable bonds is 1. The van der Waals surface area contributed by atoms with Gasteiger partial charge in [0.05, 0.1) is 4.88 Å². The second-order valence-corrected chi connectivity index (χ2v) is 4.64. The highest BCUT2D eigenvalue weighted by Gasteiger charge is 2.12. The second-order valence-electron chi connectivity index (χ2n) is 2.64. The summed E-state index contributed by atoms with van der Waals surface area (Å²) < 4.78 is 0. The Kier molecular flexibility index (Phi) is 1.28. The summed E-state index contributed by atoms with van der Waals surface area (Å²) in [7, 11) is 0. The van der Waals surface area contributed by atoms with Gasteiger partial charge in [0.2, 0.25) is 0 Å². The highest BCUT2D eigenvalue weighted by Crippen LogP contribution is 2.38. The Labute approximate surface area is 78.8 Å². The van der Waals surface area contributed by atoms with Crippen LogP contribution < -0.4 is 0 Å². The first-order valence-electron chi connectivity index (χ1n) is 3.71. The lowest BCUT2D eigenvalue weighted by atomic mass is 10.1. The van der Waals surface area contributed by atoms with Crippen molar-refractivity contribution < 1.29 is 0 Å². The minimum atomic E-state index is 1.28. The smallest absolute Gasteiger partial charge is 0.0534 e. The Morgan fingerprint density at radius 3 is 2.75 bits per heavy atom. The largest absolute Gasteiger partial charge is 0.143 e. The molecular formula is C10H5S2. The topological polar surface area (TPSA) is 0 Å². The highest BCUT2D eigenvalue weighted by molar-refractivity contribution is 7.22. The quantitative estimate of drug-likeness (QED) is 0.546. The monoisotopic (exact) mass is 189 g/mol. The SMILES string of the molecule is [c]1c(-c2cccs2)sc2c1C=C2. The summed E-state index contributed by atoms with van der Waals surface area (Å²) in [5, 5.41) is 2.10. The van der Waals surface area contributed by atoms with Crippen molar-refractivity contribution in [3.8, 4) is 9.75 Å². The van der Waals surface area contributed by atoms with Gasteiger partial charge in [-0.15, -0.1) is 22.7 Å². The van der Waals surface area contributed by atoms with Crippen molar-refractivity contribution in [3.63, 3.8) is 0 Å². The van der Waals surface area contributed by atoms with Crippen molar-refractivity contribution in [2.24, 2.45) is 0 Å². The molecule has 0 nitrogen and oxygen atoms in total. The molecule has 1 aliphatic carbocycles. The van der Waals surface area contributed by atoms with Gasteiger partial charge in [-0.3, -0.25) is 0 Å². The molecule has 0 aromatic carbocycles. The predicted molar refractivity (Wildman–Crippen MR) is 55.4 cm³/mol. The van der Waals surface area contributed by atoms with E-state index in [1.165, 1.54) is 20.2 Å². The molecule has 0 saturated heterocycles. The Morgan fingerprint density at radius 1 is 1.25 bits per heavy atom. The molecule has 57 valence electrons. The third-order valence-corrected chi connectivity index (χ3v) is 3.99. The van der Waals surface area contributed by atoms with Crippen molar-refractivity contribution in [3.05, 3.63) is 34.0 Å². The number of hydrogen-bond acceptors (Lipinski definition) is 2. The van der Waals surface area contributed by atoms with Crippen LogP contribution in [0.15, 0.2) is 17.5 Å². The molecule has 3 rings (SSSR count). The maximum Gasteiger partial charge on any atom is 0.0534 e. The van der Waals surface area contributed by atoms with E-state index in [0.29, 0.717) is 0 Å². The van der Waals surface area contributed by atoms with E-state index in [9.17, 15) is 0 Å². The van der Waals surface area contributed by atoms with Gasteiger partial charge < -0.3 is 0 Å². The normalized spacial score (nSPS) is 12.7. The average molecular weight is 189 g/mol. The van der Waals surface area contributed by atoms with Gasteiger partial charge in [-0.2, -0.15) is 0 Å². The Bertz CT molecular complexity index is 409. The summed E-state index contributed by atoms with van der Waals surface area (Å²) in [5.41, 5.74) is 1.28. The molecule has 2 aromatic heterocycles. The molecule has 0 bridgehead atoms. The van der Waals surface area contributed by atoms with Crippen LogP contribution in [0.2, 0.25) is 0 Å². The van der Waals surface area contributed by atoms with Gasteiger partial charge in [-0.05, 0) is 17.5 Å². The summed E-state index contributed by atoms with van der Waals surface area (Å²) in [5.74, 6) is 0. The minimum Gasteiger partial charge on any atom is -0.143 e. The van der Waals surface area contributed by atoms with Crippen molar-refractivity contribution in [2.75, 3.05) is 0 Å². The molecule has 1 aliphatic rings. The zero-order chi connectivity index (χ0) is 7.97. The summed E-state index contributed by atoms with van der Waals surface area (Å²) >= 11 is 3.60. The van der Waals surface area contributed by atoms with Crippen LogP contribution >= 0.6 is 22.7 Å². The third-order valence-electron chi connectivity index (χ3n) is 1.87. The first kappa shape index (κ1) is 6.63. The average Bonchev–Trinajstić information content (AvgIpc) is 2.61. The first-order chi connectivity index (χ1) is 5.93. The number of hydrogen-bond donors (Lipinski definition) is 0. The zero-order valence-corrected chi connectivity index (χ0v) is 7.84. The molecule has 0 spiro atoms. The molecule has 0 fully saturated rings. The summed E-state index contributed by atoms with van der Waals surface area (Å²) in [6, 6.07) is 7.60. The molecule has 0 unspecified atom stereocenters. The van der Waals surface area contributed by atoms with E-state index in [1.807, 2.05) is 11.3 Å². The van der Waals surface area contributed by atoms with E-state index in [0.717, 1.165) is 0 Å². The first-order valence-corrected chi connectivity index (χ1v) is 5.41. The Balaban J connectivity index is 2.14. The van der Waals surface area contributed by atoms with Gasteiger partial charge >= 0.3 is 0 Å². The molecule has 2 aromatic rings. The molecule has 2 heterocycles. The van der Waals surface area contributed by atoms with Crippen molar-refractivity contribution in [1.82, 2.24) is 0 Å². The fourth-order valence-corrected chi connectivity index (χ4v) is 3.01. The van der Waals surface area contributed by atoms with Crippen LogP contribution in [-0.2, 0) is 0 Å². The van der Waals surface area contributed by atoms with E-state index in [1.54, 1.807) is 11.3 Å².